The quantitative estimate of drug-likeness (QED) is 0.0454. The number of hydrogen-bond acceptors (Lipinski definition) is 14. The third-order valence-corrected chi connectivity index (χ3v) is 12.4. The molecule has 0 saturated carbocycles. The molecule has 11 N–H and O–H groups in total. The Morgan fingerprint density at radius 3 is 2.05 bits per heavy atom. The van der Waals surface area contributed by atoms with Crippen LogP contribution in [0.1, 0.15) is 104 Å². The van der Waals surface area contributed by atoms with E-state index in [0.717, 1.165) is 30.7 Å². The standard InChI is InChI=1S/C52H68F2N10O15/c1-28(57-30(3)66)47(73)58-29(2)48(74)60-37(23-40(55)67)50(76)59-36(49(75)61-38(51(77)78)24-56-41(68)13-10-14-45(72)79-64-42(69)17-18-43(64)70)19-20-63(44(71)27-65)46(52(4,5)6)39-21-32(34-22-33(53)15-16-35(34)54)26-62(39)25-31-11-8-7-9-12-31/h7-9,11-12,15-16,21-22,26,28-29,36-38,42,46,65,69H,10,13-14,17-20,23-25,27H2,1-6H3,(H2,55,67)(H,56,68)(H,57,66)(H,58,73)(H,59,76)(H,60,74)(H,61,75)(H,77,78)/t28-,29+,36-,37-,38+,42?,46-/m0/s1. The fourth-order valence-electron chi connectivity index (χ4n) is 8.47. The Bertz CT molecular complexity index is 2740. The van der Waals surface area contributed by atoms with Gasteiger partial charge in [0, 0.05) is 75.3 Å². The molecule has 2 heterocycles. The minimum absolute atomic E-state index is 0.0422. The van der Waals surface area contributed by atoms with Crippen molar-refractivity contribution in [3.8, 4) is 11.1 Å². The minimum Gasteiger partial charge on any atom is -0.480 e. The first-order valence-electron chi connectivity index (χ1n) is 25.2. The maximum Gasteiger partial charge on any atom is 0.332 e. The number of carbonyl (C=O) groups is 11. The Balaban J connectivity index is 1.69. The molecule has 1 unspecified atom stereocenters. The first-order chi connectivity index (χ1) is 37.1. The van der Waals surface area contributed by atoms with E-state index >= 15 is 4.39 Å². The number of rotatable bonds is 28. The number of carboxylic acids is 1. The summed E-state index contributed by atoms with van der Waals surface area (Å²) in [5.74, 6) is -12.4. The Morgan fingerprint density at radius 1 is 0.835 bits per heavy atom. The van der Waals surface area contributed by atoms with Gasteiger partial charge in [0.25, 0.3) is 5.91 Å². The van der Waals surface area contributed by atoms with Crippen LogP contribution in [0.2, 0.25) is 0 Å². The molecular weight excluding hydrogens is 1040 g/mol. The van der Waals surface area contributed by atoms with Crippen LogP contribution in [-0.2, 0) is 64.1 Å². The Kier molecular flexibility index (Phi) is 23.1. The molecule has 7 atom stereocenters. The number of amides is 9. The van der Waals surface area contributed by atoms with E-state index in [0.29, 0.717) is 10.8 Å². The number of aliphatic hydroxyl groups excluding tert-OH is 2. The van der Waals surface area contributed by atoms with Crippen LogP contribution in [0.5, 0.6) is 0 Å². The predicted octanol–water partition coefficient (Wildman–Crippen LogP) is -0.0910. The lowest BCUT2D eigenvalue weighted by molar-refractivity contribution is -0.220. The van der Waals surface area contributed by atoms with Gasteiger partial charge in [-0.05, 0) is 61.9 Å². The zero-order valence-corrected chi connectivity index (χ0v) is 44.5. The SMILES string of the molecule is CC(=O)N[C@@H](C)C(=O)N[C@H](C)C(=O)N[C@@H](CC(N)=O)C(=O)N[C@@H](CCN(C(=O)CO)[C@@H](c1cc(-c2cc(F)ccc2F)cn1Cc1ccccc1)C(C)(C)C)C(=O)N[C@H](CNC(=O)CCCC(=O)ON1C(=O)CCC1O)C(=O)O. The molecule has 1 aliphatic rings. The molecule has 25 nitrogen and oxygen atoms in total. The van der Waals surface area contributed by atoms with E-state index in [9.17, 15) is 72.4 Å². The number of halogens is 2. The van der Waals surface area contributed by atoms with Crippen LogP contribution in [0.15, 0.2) is 60.8 Å². The van der Waals surface area contributed by atoms with Crippen molar-refractivity contribution in [2.75, 3.05) is 19.7 Å². The number of hydroxylamine groups is 2. The number of carboxylic acid groups (broad SMARTS) is 1. The first kappa shape index (κ1) is 63.2. The monoisotopic (exact) mass is 1110 g/mol. The van der Waals surface area contributed by atoms with Crippen molar-refractivity contribution in [1.29, 1.82) is 0 Å². The molecule has 4 rings (SSSR count). The van der Waals surface area contributed by atoms with Gasteiger partial charge in [-0.15, -0.1) is 5.06 Å². The molecule has 1 aromatic heterocycles. The Hall–Kier alpha value is -8.33. The zero-order chi connectivity index (χ0) is 58.9. The number of nitrogens with zero attached hydrogens (tertiary/aromatic N) is 3. The van der Waals surface area contributed by atoms with Crippen molar-refractivity contribution in [3.05, 3.63) is 83.7 Å². The highest BCUT2D eigenvalue weighted by Crippen LogP contribution is 2.41. The van der Waals surface area contributed by atoms with E-state index < -0.39 is 157 Å². The maximum absolute atomic E-state index is 15.4. The molecule has 3 aromatic rings. The summed E-state index contributed by atoms with van der Waals surface area (Å²) in [5.41, 5.74) is 5.68. The molecule has 9 amide bonds. The summed E-state index contributed by atoms with van der Waals surface area (Å²) in [6.45, 7) is 6.68. The molecule has 0 radical (unpaired) electrons. The smallest absolute Gasteiger partial charge is 0.332 e. The normalized spacial score (nSPS) is 15.5. The van der Waals surface area contributed by atoms with Gasteiger partial charge in [0.1, 0.15) is 48.5 Å². The van der Waals surface area contributed by atoms with Gasteiger partial charge in [0.2, 0.25) is 47.3 Å². The van der Waals surface area contributed by atoms with Gasteiger partial charge >= 0.3 is 11.9 Å². The fourth-order valence-corrected chi connectivity index (χ4v) is 8.47. The molecule has 1 aliphatic heterocycles. The van der Waals surface area contributed by atoms with Gasteiger partial charge in [-0.1, -0.05) is 51.1 Å². The van der Waals surface area contributed by atoms with E-state index in [4.69, 9.17) is 10.6 Å². The summed E-state index contributed by atoms with van der Waals surface area (Å²) >= 11 is 0. The second-order valence-electron chi connectivity index (χ2n) is 19.9. The third-order valence-electron chi connectivity index (χ3n) is 12.4. The number of nitrogens with one attached hydrogen (secondary N) is 6. The first-order valence-corrected chi connectivity index (χ1v) is 25.2. The van der Waals surface area contributed by atoms with Gasteiger partial charge in [-0.2, -0.15) is 0 Å². The van der Waals surface area contributed by atoms with Crippen molar-refractivity contribution in [1.82, 2.24) is 46.4 Å². The number of primary amides is 1. The molecule has 1 saturated heterocycles. The van der Waals surface area contributed by atoms with Crippen LogP contribution in [0.4, 0.5) is 8.78 Å². The van der Waals surface area contributed by atoms with Crippen LogP contribution in [0.3, 0.4) is 0 Å². The van der Waals surface area contributed by atoms with Gasteiger partial charge in [0.05, 0.1) is 12.5 Å². The van der Waals surface area contributed by atoms with Crippen molar-refractivity contribution in [2.24, 2.45) is 11.1 Å². The summed E-state index contributed by atoms with van der Waals surface area (Å²) in [4.78, 5) is 148. The Morgan fingerprint density at radius 2 is 1.46 bits per heavy atom. The molecule has 0 aliphatic carbocycles. The Labute approximate surface area is 453 Å². The van der Waals surface area contributed by atoms with Crippen molar-refractivity contribution >= 4 is 65.1 Å². The number of carbonyl (C=O) groups excluding carboxylic acids is 10. The molecule has 0 spiro atoms. The lowest BCUT2D eigenvalue weighted by atomic mass is 9.82. The highest BCUT2D eigenvalue weighted by atomic mass is 19.1. The summed E-state index contributed by atoms with van der Waals surface area (Å²) < 4.78 is 31.7. The average molecular weight is 1110 g/mol. The second-order valence-corrected chi connectivity index (χ2v) is 19.9. The molecule has 79 heavy (non-hydrogen) atoms. The summed E-state index contributed by atoms with van der Waals surface area (Å²) in [6.07, 6.45) is -2.14. The number of hydrogen-bond donors (Lipinski definition) is 10. The molecule has 430 valence electrons. The van der Waals surface area contributed by atoms with Gasteiger partial charge < -0.3 is 67.3 Å². The van der Waals surface area contributed by atoms with E-state index in [2.05, 4.69) is 31.9 Å². The highest BCUT2D eigenvalue weighted by molar-refractivity contribution is 5.97. The van der Waals surface area contributed by atoms with Crippen LogP contribution in [0, 0.1) is 17.0 Å². The number of aromatic nitrogens is 1. The predicted molar refractivity (Wildman–Crippen MR) is 274 cm³/mol. The number of aliphatic carboxylic acids is 1. The highest BCUT2D eigenvalue weighted by Gasteiger charge is 2.39. The lowest BCUT2D eigenvalue weighted by Crippen LogP contribution is -2.60. The van der Waals surface area contributed by atoms with Crippen molar-refractivity contribution in [3.63, 3.8) is 0 Å². The van der Waals surface area contributed by atoms with Crippen LogP contribution in [0.25, 0.3) is 11.1 Å². The van der Waals surface area contributed by atoms with Gasteiger partial charge in [-0.25, -0.2) is 18.4 Å². The molecule has 1 fully saturated rings. The van der Waals surface area contributed by atoms with Gasteiger partial charge in [-0.3, -0.25) is 43.2 Å². The largest absolute Gasteiger partial charge is 0.480 e. The molecule has 2 aromatic carbocycles. The topological polar surface area (TPSA) is 367 Å². The molecule has 0 bridgehead atoms. The summed E-state index contributed by atoms with van der Waals surface area (Å²) in [7, 11) is 0. The van der Waals surface area contributed by atoms with E-state index in [1.807, 2.05) is 12.1 Å². The fraction of sp³-hybridized carbons (Fsp3) is 0.481. The third kappa shape index (κ3) is 19.0. The van der Waals surface area contributed by atoms with Gasteiger partial charge in [0.15, 0.2) is 6.23 Å². The summed E-state index contributed by atoms with van der Waals surface area (Å²) in [5, 5.41) is 45.0. The minimum atomic E-state index is -1.92. The number of aliphatic hydroxyl groups is 2. The maximum atomic E-state index is 15.4. The number of nitrogens with two attached hydrogens (primary N) is 1. The van der Waals surface area contributed by atoms with E-state index in [1.54, 1.807) is 55.8 Å². The van der Waals surface area contributed by atoms with Crippen LogP contribution < -0.4 is 37.6 Å². The molecule has 27 heteroatoms. The molecular formula is C52H68F2N10O15. The number of benzene rings is 2. The lowest BCUT2D eigenvalue weighted by Gasteiger charge is -2.41. The van der Waals surface area contributed by atoms with Crippen molar-refractivity contribution in [2.45, 2.75) is 136 Å². The van der Waals surface area contributed by atoms with E-state index in [-0.39, 0.29) is 49.8 Å². The van der Waals surface area contributed by atoms with Crippen LogP contribution in [-0.4, -0.2) is 151 Å². The van der Waals surface area contributed by atoms with E-state index in [1.165, 1.54) is 18.7 Å². The average Bonchev–Trinajstić information content (AvgIpc) is 3.97. The van der Waals surface area contributed by atoms with Crippen molar-refractivity contribution < 1.29 is 81.7 Å². The zero-order valence-electron chi connectivity index (χ0n) is 44.5. The summed E-state index contributed by atoms with van der Waals surface area (Å²) in [6, 6.07) is 4.18. The second kappa shape index (κ2) is 28.9. The van der Waals surface area contributed by atoms with Crippen LogP contribution >= 0.6 is 0 Å².